The van der Waals surface area contributed by atoms with E-state index in [4.69, 9.17) is 34.4 Å². The van der Waals surface area contributed by atoms with Crippen LogP contribution >= 0.6 is 0 Å². The van der Waals surface area contributed by atoms with Gasteiger partial charge in [0.25, 0.3) is 0 Å². The number of carboxylic acids is 2. The maximum absolute atomic E-state index is 14.4. The van der Waals surface area contributed by atoms with Gasteiger partial charge >= 0.3 is 11.9 Å². The number of likely N-dealkylation sites (tertiary alicyclic amines) is 1. The molecule has 1 fully saturated rings. The van der Waals surface area contributed by atoms with Crippen molar-refractivity contribution in [2.45, 2.75) is 211 Å². The van der Waals surface area contributed by atoms with Crippen molar-refractivity contribution in [3.63, 3.8) is 0 Å². The van der Waals surface area contributed by atoms with Crippen molar-refractivity contribution in [1.82, 2.24) is 58.1 Å². The predicted octanol–water partition coefficient (Wildman–Crippen LogP) is -7.82. The lowest BCUT2D eigenvalue weighted by Gasteiger charge is -2.31. The van der Waals surface area contributed by atoms with Crippen molar-refractivity contribution in [1.29, 1.82) is 0 Å². The maximum Gasteiger partial charge on any atom is 0.328 e. The number of carboxylic acid groups (broad SMARTS) is 2. The number of carbonyl (C=O) groups excluding carboxylic acids is 13. The number of unbranched alkanes of at least 4 members (excludes halogenated alkanes) is 1. The number of amides is 13. The number of carbonyl (C=O) groups is 15. The zero-order valence-electron chi connectivity index (χ0n) is 54.4. The monoisotopic (exact) mass is 1340 g/mol. The molecule has 0 aromatic heterocycles. The van der Waals surface area contributed by atoms with E-state index in [0.717, 1.165) is 11.8 Å². The van der Waals surface area contributed by atoms with E-state index in [0.29, 0.717) is 12.8 Å². The molecule has 13 amide bonds. The molecule has 1 heterocycles. The minimum Gasteiger partial charge on any atom is -0.481 e. The number of aliphatic carboxylic acids is 2. The van der Waals surface area contributed by atoms with Crippen molar-refractivity contribution in [2.75, 3.05) is 32.8 Å². The zero-order valence-corrected chi connectivity index (χ0v) is 54.4. The van der Waals surface area contributed by atoms with E-state index in [1.165, 1.54) is 6.92 Å². The number of hydrogen-bond acceptors (Lipinski definition) is 20. The van der Waals surface area contributed by atoms with Gasteiger partial charge in [-0.2, -0.15) is 0 Å². The summed E-state index contributed by atoms with van der Waals surface area (Å²) in [5, 5.41) is 62.5. The third-order valence-electron chi connectivity index (χ3n) is 14.9. The Hall–Kier alpha value is -8.84. The second-order valence-corrected chi connectivity index (χ2v) is 23.9. The highest BCUT2D eigenvalue weighted by Crippen LogP contribution is 2.21. The van der Waals surface area contributed by atoms with Crippen LogP contribution < -0.4 is 87.6 Å². The first-order valence-corrected chi connectivity index (χ1v) is 31.1. The summed E-state index contributed by atoms with van der Waals surface area (Å²) in [6.45, 7) is 9.63. The highest BCUT2D eigenvalue weighted by molar-refractivity contribution is 6.01. The largest absolute Gasteiger partial charge is 0.481 e. The van der Waals surface area contributed by atoms with Gasteiger partial charge in [-0.1, -0.05) is 48.0 Å². The second kappa shape index (κ2) is 42.4. The lowest BCUT2D eigenvalue weighted by molar-refractivity contribution is -0.145. The maximum atomic E-state index is 14.4. The Labute approximate surface area is 544 Å². The quantitative estimate of drug-likeness (QED) is 0.0153. The number of rotatable bonds is 45. The molecular formula is C57H100N18O19. The molecule has 1 aliphatic heterocycles. The molecule has 37 heteroatoms. The van der Waals surface area contributed by atoms with Crippen LogP contribution in [0.2, 0.25) is 0 Å². The lowest BCUT2D eigenvalue weighted by atomic mass is 9.97. The van der Waals surface area contributed by atoms with Gasteiger partial charge in [-0.05, 0) is 95.4 Å². The summed E-state index contributed by atoms with van der Waals surface area (Å²) in [5.74, 6) is -17.5. The topological polar surface area (TPSA) is 629 Å². The Kier molecular flexibility index (Phi) is 37.5. The Morgan fingerprint density at radius 3 is 1.49 bits per heavy atom. The number of nitrogens with one attached hydrogen (secondary N) is 10. The van der Waals surface area contributed by atoms with Crippen molar-refractivity contribution in [3.8, 4) is 0 Å². The van der Waals surface area contributed by atoms with Gasteiger partial charge in [-0.3, -0.25) is 72.1 Å². The molecule has 0 aromatic rings. The molecule has 13 atom stereocenters. The SMILES string of the molecule is CC[C@H](C)[C@H](NC(=O)[C@H](C)NC(=O)[C@H](CC(N)=O)NC(=O)[C@H](CC(N)=O)NC(=O)[C@H](CCCCN)NC(=O)[C@H](CO)NC(=O)[C@H](CC(C)C)NC(=O)[C@@H](N)CC(C)C)C(=O)N[C@@H](CCC(=O)O)C(=O)N1CCC[C@H]1C(=O)N[C@@H](CCCN=C(N)N)C(=O)N[C@@H](CO)C(=O)O. The zero-order chi connectivity index (χ0) is 71.7. The fourth-order valence-electron chi connectivity index (χ4n) is 9.61. The second-order valence-electron chi connectivity index (χ2n) is 23.9. The van der Waals surface area contributed by atoms with E-state index in [1.807, 2.05) is 13.8 Å². The fourth-order valence-corrected chi connectivity index (χ4v) is 9.61. The minimum atomic E-state index is -1.93. The van der Waals surface area contributed by atoms with Gasteiger partial charge < -0.3 is 113 Å². The fraction of sp³-hybridized carbons (Fsp3) is 0.719. The molecule has 0 aliphatic carbocycles. The van der Waals surface area contributed by atoms with Gasteiger partial charge in [0.2, 0.25) is 76.8 Å². The average Bonchev–Trinajstić information content (AvgIpc) is 1.58. The third-order valence-corrected chi connectivity index (χ3v) is 14.9. The summed E-state index contributed by atoms with van der Waals surface area (Å²) >= 11 is 0. The van der Waals surface area contributed by atoms with E-state index in [1.54, 1.807) is 20.8 Å². The van der Waals surface area contributed by atoms with Crippen molar-refractivity contribution < 1.29 is 92.3 Å². The van der Waals surface area contributed by atoms with Crippen molar-refractivity contribution >= 4 is 94.7 Å². The van der Waals surface area contributed by atoms with E-state index in [2.05, 4.69) is 58.2 Å². The summed E-state index contributed by atoms with van der Waals surface area (Å²) in [5.41, 5.74) is 33.4. The van der Waals surface area contributed by atoms with Crippen LogP contribution in [0.4, 0.5) is 0 Å². The van der Waals surface area contributed by atoms with Crippen LogP contribution in [0.1, 0.15) is 138 Å². The van der Waals surface area contributed by atoms with Crippen LogP contribution in [-0.2, 0) is 71.9 Å². The molecule has 0 saturated carbocycles. The molecule has 0 aromatic carbocycles. The molecule has 26 N–H and O–H groups in total. The van der Waals surface area contributed by atoms with Crippen LogP contribution in [0.3, 0.4) is 0 Å². The van der Waals surface area contributed by atoms with E-state index in [-0.39, 0.29) is 88.8 Å². The molecule has 1 aliphatic rings. The number of guanidine groups is 1. The Bertz CT molecular complexity index is 2660. The third kappa shape index (κ3) is 30.3. The van der Waals surface area contributed by atoms with Gasteiger partial charge in [-0.15, -0.1) is 0 Å². The molecule has 94 heavy (non-hydrogen) atoms. The predicted molar refractivity (Wildman–Crippen MR) is 335 cm³/mol. The first-order valence-electron chi connectivity index (χ1n) is 31.1. The van der Waals surface area contributed by atoms with Crippen molar-refractivity contribution in [2.24, 2.45) is 57.1 Å². The molecule has 0 spiro atoms. The lowest BCUT2D eigenvalue weighted by Crippen LogP contribution is -2.61. The number of hydrogen-bond donors (Lipinski definition) is 20. The summed E-state index contributed by atoms with van der Waals surface area (Å²) in [6, 6.07) is -18.5. The summed E-state index contributed by atoms with van der Waals surface area (Å²) in [6.07, 6.45) is -1.96. The highest BCUT2D eigenvalue weighted by Gasteiger charge is 2.41. The number of nitrogens with zero attached hydrogens (tertiary/aromatic N) is 2. The average molecular weight is 1340 g/mol. The molecule has 0 radical (unpaired) electrons. The van der Waals surface area contributed by atoms with Crippen LogP contribution in [-0.4, -0.2) is 225 Å². The summed E-state index contributed by atoms with van der Waals surface area (Å²) in [7, 11) is 0. The Balaban J connectivity index is 3.45. The van der Waals surface area contributed by atoms with E-state index >= 15 is 0 Å². The Morgan fingerprint density at radius 2 is 0.989 bits per heavy atom. The van der Waals surface area contributed by atoms with Gasteiger partial charge in [0, 0.05) is 19.5 Å². The number of aliphatic hydroxyl groups is 2. The standard InChI is InChI=1S/C57H100N18O19/c1-8-29(6)44(54(91)68-34(16-17-43(80)81)55(92)75-20-12-15-40(75)53(90)67-33(14-11-19-64-57(62)63)48(85)73-39(26-77)56(93)94)74-45(82)30(7)65-49(86)36(23-41(60)78)71-51(88)37(24-42(61)79)70-47(84)32(13-9-10-18-58)66-52(89)38(25-76)72-50(87)35(22-28(4)5)69-46(83)31(59)21-27(2)3/h27-40,44,76-77H,8-26,58-59H2,1-7H3,(H2,60,78)(H2,61,79)(H,65,86)(H,66,89)(H,67,90)(H,68,91)(H,69,83)(H,70,84)(H,71,88)(H,72,87)(H,73,85)(H,74,82)(H,80,81)(H,93,94)(H4,62,63,64)/t29-,30-,31-,32-,33-,34-,35-,36-,37-,38-,39-,40-,44-/m0/s1. The highest BCUT2D eigenvalue weighted by atomic mass is 16.4. The Morgan fingerprint density at radius 1 is 0.521 bits per heavy atom. The molecule has 532 valence electrons. The number of aliphatic hydroxyl groups excluding tert-OH is 2. The minimum absolute atomic E-state index is 0.00810. The van der Waals surface area contributed by atoms with Crippen molar-refractivity contribution in [3.05, 3.63) is 0 Å². The summed E-state index contributed by atoms with van der Waals surface area (Å²) < 4.78 is 0. The van der Waals surface area contributed by atoms with E-state index < -0.39 is 206 Å². The van der Waals surface area contributed by atoms with Crippen LogP contribution in [0.15, 0.2) is 4.99 Å². The molecule has 37 nitrogen and oxygen atoms in total. The molecule has 0 unspecified atom stereocenters. The first kappa shape index (κ1) is 83.2. The van der Waals surface area contributed by atoms with Gasteiger partial charge in [-0.25, -0.2) is 4.79 Å². The number of primary amides is 2. The van der Waals surface area contributed by atoms with E-state index in [9.17, 15) is 92.3 Å². The van der Waals surface area contributed by atoms with Crippen LogP contribution in [0.5, 0.6) is 0 Å². The van der Waals surface area contributed by atoms with Gasteiger partial charge in [0.05, 0.1) is 32.1 Å². The molecule has 1 rings (SSSR count). The molecule has 1 saturated heterocycles. The van der Waals surface area contributed by atoms with Gasteiger partial charge in [0.15, 0.2) is 5.96 Å². The summed E-state index contributed by atoms with van der Waals surface area (Å²) in [4.78, 5) is 205. The number of aliphatic imine (C=N–C) groups is 1. The smallest absolute Gasteiger partial charge is 0.328 e. The first-order chi connectivity index (χ1) is 44.0. The van der Waals surface area contributed by atoms with Crippen LogP contribution in [0, 0.1) is 17.8 Å². The number of nitrogens with two attached hydrogens (primary N) is 6. The molecule has 0 bridgehead atoms. The normalized spacial score (nSPS) is 16.6. The van der Waals surface area contributed by atoms with Gasteiger partial charge in [0.1, 0.15) is 66.5 Å². The van der Waals surface area contributed by atoms with Crippen LogP contribution in [0.25, 0.3) is 0 Å². The molecular weight excluding hydrogens is 1240 g/mol.